The van der Waals surface area contributed by atoms with Crippen LogP contribution < -0.4 is 10.6 Å². The van der Waals surface area contributed by atoms with E-state index in [1.165, 1.54) is 32.1 Å². The van der Waals surface area contributed by atoms with Crippen LogP contribution in [0.25, 0.3) is 0 Å². The summed E-state index contributed by atoms with van der Waals surface area (Å²) in [6.45, 7) is 3.93. The summed E-state index contributed by atoms with van der Waals surface area (Å²) in [7, 11) is -1.42. The van der Waals surface area contributed by atoms with Crippen molar-refractivity contribution in [2.75, 3.05) is 43.9 Å². The molecule has 2 atom stereocenters. The van der Waals surface area contributed by atoms with Gasteiger partial charge in [0, 0.05) is 44.2 Å². The van der Waals surface area contributed by atoms with E-state index < -0.39 is 10.0 Å². The zero-order valence-electron chi connectivity index (χ0n) is 15.4. The molecule has 0 aromatic carbocycles. The topological polar surface area (TPSA) is 73.8 Å². The number of nitrogens with one attached hydrogen (secondary N) is 2. The second-order valence-corrected chi connectivity index (χ2v) is 9.92. The van der Waals surface area contributed by atoms with Crippen molar-refractivity contribution in [2.24, 2.45) is 10.9 Å². The molecule has 2 rings (SSSR count). The first kappa shape index (κ1) is 23.3. The number of nitrogens with zero attached hydrogens (tertiary/aromatic N) is 2. The second kappa shape index (κ2) is 11.9. The summed E-state index contributed by atoms with van der Waals surface area (Å²) in [4.78, 5) is 4.25. The third kappa shape index (κ3) is 7.80. The van der Waals surface area contributed by atoms with E-state index >= 15 is 0 Å². The van der Waals surface area contributed by atoms with Crippen molar-refractivity contribution < 1.29 is 8.42 Å². The Morgan fingerprint density at radius 2 is 2.00 bits per heavy atom. The fraction of sp³-hybridized carbons (Fsp3) is 0.938. The van der Waals surface area contributed by atoms with Gasteiger partial charge in [0.15, 0.2) is 5.96 Å². The van der Waals surface area contributed by atoms with Gasteiger partial charge in [-0.1, -0.05) is 26.2 Å². The molecule has 148 valence electrons. The lowest BCUT2D eigenvalue weighted by Crippen LogP contribution is -2.47. The monoisotopic (exact) mass is 504 g/mol. The van der Waals surface area contributed by atoms with Gasteiger partial charge in [0.2, 0.25) is 10.0 Å². The van der Waals surface area contributed by atoms with E-state index in [0.29, 0.717) is 25.7 Å². The second-order valence-electron chi connectivity index (χ2n) is 6.61. The summed E-state index contributed by atoms with van der Waals surface area (Å²) >= 11 is 1.82. The zero-order chi connectivity index (χ0) is 17.4. The third-order valence-electron chi connectivity index (χ3n) is 4.94. The van der Waals surface area contributed by atoms with Crippen molar-refractivity contribution in [1.29, 1.82) is 0 Å². The minimum absolute atomic E-state index is 0. The van der Waals surface area contributed by atoms with Gasteiger partial charge in [0.05, 0.1) is 5.75 Å². The van der Waals surface area contributed by atoms with Gasteiger partial charge in [0.25, 0.3) is 0 Å². The standard InChI is InChI=1S/C16H32N4O2S2.HI/c1-3-14-5-4-6-15(13-14)19-16(17-2)18-7-12-24(21,22)20-8-10-23-11-9-20;/h14-15H,3-13H2,1-2H3,(H2,17,18,19);1H. The summed E-state index contributed by atoms with van der Waals surface area (Å²) in [6.07, 6.45) is 6.17. The summed E-state index contributed by atoms with van der Waals surface area (Å²) in [6, 6.07) is 0.450. The molecule has 0 bridgehead atoms. The minimum atomic E-state index is -3.16. The third-order valence-corrected chi connectivity index (χ3v) is 7.75. The van der Waals surface area contributed by atoms with Gasteiger partial charge in [-0.15, -0.1) is 24.0 Å². The van der Waals surface area contributed by atoms with E-state index in [1.54, 1.807) is 11.4 Å². The van der Waals surface area contributed by atoms with Gasteiger partial charge >= 0.3 is 0 Å². The van der Waals surface area contributed by atoms with Gasteiger partial charge < -0.3 is 10.6 Å². The van der Waals surface area contributed by atoms with Crippen LogP contribution in [0.1, 0.15) is 39.0 Å². The van der Waals surface area contributed by atoms with Crippen LogP contribution in [-0.2, 0) is 10.0 Å². The van der Waals surface area contributed by atoms with E-state index in [0.717, 1.165) is 23.4 Å². The van der Waals surface area contributed by atoms with E-state index in [4.69, 9.17) is 0 Å². The summed E-state index contributed by atoms with van der Waals surface area (Å²) in [5.74, 6) is 3.44. The van der Waals surface area contributed by atoms with Gasteiger partial charge in [-0.05, 0) is 18.8 Å². The predicted octanol–water partition coefficient (Wildman–Crippen LogP) is 2.12. The molecule has 0 aromatic heterocycles. The Labute approximate surface area is 174 Å². The molecule has 1 saturated heterocycles. The first-order valence-electron chi connectivity index (χ1n) is 9.08. The van der Waals surface area contributed by atoms with Crippen LogP contribution in [0.4, 0.5) is 0 Å². The van der Waals surface area contributed by atoms with Crippen molar-refractivity contribution >= 4 is 51.7 Å². The van der Waals surface area contributed by atoms with E-state index in [1.807, 2.05) is 11.8 Å². The van der Waals surface area contributed by atoms with Gasteiger partial charge in [-0.3, -0.25) is 4.99 Å². The lowest BCUT2D eigenvalue weighted by atomic mass is 9.84. The van der Waals surface area contributed by atoms with Crippen molar-refractivity contribution in [1.82, 2.24) is 14.9 Å². The summed E-state index contributed by atoms with van der Waals surface area (Å²) in [5.41, 5.74) is 0. The molecular formula is C16H33IN4O2S2. The first-order chi connectivity index (χ1) is 11.5. The number of hydrogen-bond donors (Lipinski definition) is 2. The number of hydrogen-bond acceptors (Lipinski definition) is 4. The predicted molar refractivity (Wildman–Crippen MR) is 119 cm³/mol. The molecule has 6 nitrogen and oxygen atoms in total. The molecule has 2 unspecified atom stereocenters. The Balaban J connectivity index is 0.00000312. The zero-order valence-corrected chi connectivity index (χ0v) is 19.3. The van der Waals surface area contributed by atoms with Gasteiger partial charge in [0.1, 0.15) is 0 Å². The highest BCUT2D eigenvalue weighted by atomic mass is 127. The Bertz CT molecular complexity index is 510. The van der Waals surface area contributed by atoms with Crippen LogP contribution in [0.2, 0.25) is 0 Å². The number of rotatable bonds is 6. The molecule has 9 heteroatoms. The maximum Gasteiger partial charge on any atom is 0.215 e. The molecule has 0 radical (unpaired) electrons. The summed E-state index contributed by atoms with van der Waals surface area (Å²) in [5, 5.41) is 6.64. The molecule has 1 heterocycles. The molecule has 2 N–H and O–H groups in total. The van der Waals surface area contributed by atoms with Crippen molar-refractivity contribution in [3.63, 3.8) is 0 Å². The molecule has 1 aliphatic heterocycles. The number of aliphatic imine (C=N–C) groups is 1. The van der Waals surface area contributed by atoms with Crippen LogP contribution in [0.3, 0.4) is 0 Å². The quantitative estimate of drug-likeness (QED) is 0.330. The SMILES string of the molecule is CCC1CCCC(NC(=NC)NCCS(=O)(=O)N2CCSCC2)C1.I. The Kier molecular flexibility index (Phi) is 11.1. The number of thioether (sulfide) groups is 1. The van der Waals surface area contributed by atoms with E-state index in [9.17, 15) is 8.42 Å². The molecule has 0 aromatic rings. The van der Waals surface area contributed by atoms with E-state index in [-0.39, 0.29) is 29.7 Å². The van der Waals surface area contributed by atoms with Gasteiger partial charge in [-0.25, -0.2) is 12.7 Å². The van der Waals surface area contributed by atoms with Crippen molar-refractivity contribution in [3.05, 3.63) is 0 Å². The fourth-order valence-corrected chi connectivity index (χ4v) is 5.92. The molecule has 0 amide bonds. The van der Waals surface area contributed by atoms with Gasteiger partial charge in [-0.2, -0.15) is 11.8 Å². The van der Waals surface area contributed by atoms with Crippen molar-refractivity contribution in [3.8, 4) is 0 Å². The Morgan fingerprint density at radius 1 is 1.28 bits per heavy atom. The van der Waals surface area contributed by atoms with Crippen LogP contribution >= 0.6 is 35.7 Å². The average Bonchev–Trinajstić information content (AvgIpc) is 2.61. The number of guanidine groups is 1. The summed E-state index contributed by atoms with van der Waals surface area (Å²) < 4.78 is 26.3. The molecule has 1 aliphatic carbocycles. The molecule has 2 fully saturated rings. The van der Waals surface area contributed by atoms with Crippen LogP contribution in [0.5, 0.6) is 0 Å². The largest absolute Gasteiger partial charge is 0.355 e. The lowest BCUT2D eigenvalue weighted by molar-refractivity contribution is 0.298. The highest BCUT2D eigenvalue weighted by molar-refractivity contribution is 14.0. The Morgan fingerprint density at radius 3 is 2.64 bits per heavy atom. The highest BCUT2D eigenvalue weighted by Crippen LogP contribution is 2.26. The molecule has 25 heavy (non-hydrogen) atoms. The molecular weight excluding hydrogens is 471 g/mol. The maximum atomic E-state index is 12.3. The molecule has 0 spiro atoms. The van der Waals surface area contributed by atoms with Crippen LogP contribution in [0, 0.1) is 5.92 Å². The minimum Gasteiger partial charge on any atom is -0.355 e. The number of halogens is 1. The first-order valence-corrected chi connectivity index (χ1v) is 11.8. The molecule has 1 saturated carbocycles. The van der Waals surface area contributed by atoms with Crippen molar-refractivity contribution in [2.45, 2.75) is 45.1 Å². The molecule has 2 aliphatic rings. The Hall–Kier alpha value is 0.260. The fourth-order valence-electron chi connectivity index (χ4n) is 3.43. The number of sulfonamides is 1. The lowest BCUT2D eigenvalue weighted by Gasteiger charge is -2.30. The maximum absolute atomic E-state index is 12.3. The van der Waals surface area contributed by atoms with Crippen LogP contribution in [0.15, 0.2) is 4.99 Å². The van der Waals surface area contributed by atoms with E-state index in [2.05, 4.69) is 22.5 Å². The van der Waals surface area contributed by atoms with Crippen LogP contribution in [-0.4, -0.2) is 68.7 Å². The normalized spacial score (nSPS) is 25.9. The highest BCUT2D eigenvalue weighted by Gasteiger charge is 2.24. The average molecular weight is 505 g/mol. The smallest absolute Gasteiger partial charge is 0.215 e.